The number of benzene rings is 1. The number of rotatable bonds is 4. The van der Waals surface area contributed by atoms with Crippen LogP contribution in [0.25, 0.3) is 11.3 Å². The van der Waals surface area contributed by atoms with Gasteiger partial charge in [-0.25, -0.2) is 4.98 Å². The molecular weight excluding hydrogens is 292 g/mol. The van der Waals surface area contributed by atoms with Gasteiger partial charge in [0.05, 0.1) is 18.2 Å². The summed E-state index contributed by atoms with van der Waals surface area (Å²) >= 11 is 0. The standard InChI is InChI=1S/C18H20N2O3/c21-17(22)18-8-4-7-14(18)10-20(12-18)11-16-19-9-15(23-16)13-5-2-1-3-6-13/h1-3,5-6,9,14H,4,7-8,10-12H2,(H,21,22)/t14-,18+/m0/s1. The van der Waals surface area contributed by atoms with Crippen LogP contribution in [0.2, 0.25) is 0 Å². The van der Waals surface area contributed by atoms with E-state index in [0.29, 0.717) is 19.0 Å². The molecule has 0 bridgehead atoms. The summed E-state index contributed by atoms with van der Waals surface area (Å²) in [4.78, 5) is 18.3. The Bertz CT molecular complexity index is 712. The summed E-state index contributed by atoms with van der Waals surface area (Å²) in [5, 5.41) is 9.65. The lowest BCUT2D eigenvalue weighted by Gasteiger charge is -2.23. The van der Waals surface area contributed by atoms with Gasteiger partial charge in [0.1, 0.15) is 0 Å². The van der Waals surface area contributed by atoms with Crippen molar-refractivity contribution < 1.29 is 14.3 Å². The molecule has 2 aromatic rings. The second-order valence-corrected chi connectivity index (χ2v) is 6.70. The van der Waals surface area contributed by atoms with Gasteiger partial charge in [-0.15, -0.1) is 0 Å². The van der Waals surface area contributed by atoms with Gasteiger partial charge >= 0.3 is 5.97 Å². The first-order valence-corrected chi connectivity index (χ1v) is 8.13. The Morgan fingerprint density at radius 3 is 2.96 bits per heavy atom. The predicted molar refractivity (Wildman–Crippen MR) is 84.6 cm³/mol. The highest BCUT2D eigenvalue weighted by atomic mass is 16.4. The maximum absolute atomic E-state index is 11.7. The fourth-order valence-electron chi connectivity index (χ4n) is 4.17. The van der Waals surface area contributed by atoms with Gasteiger partial charge in [-0.05, 0) is 18.8 Å². The van der Waals surface area contributed by atoms with Crippen molar-refractivity contribution in [1.29, 1.82) is 0 Å². The van der Waals surface area contributed by atoms with Crippen molar-refractivity contribution in [3.05, 3.63) is 42.4 Å². The number of aliphatic carboxylic acids is 1. The number of hydrogen-bond acceptors (Lipinski definition) is 4. The number of fused-ring (bicyclic) bond motifs is 1. The third-order valence-corrected chi connectivity index (χ3v) is 5.34. The van der Waals surface area contributed by atoms with Crippen LogP contribution in [-0.2, 0) is 11.3 Å². The van der Waals surface area contributed by atoms with E-state index >= 15 is 0 Å². The first-order chi connectivity index (χ1) is 11.2. The SMILES string of the molecule is O=C(O)[C@@]12CCC[C@H]1CN(Cc1ncc(-c3ccccc3)o1)C2. The number of hydrogen-bond donors (Lipinski definition) is 1. The maximum atomic E-state index is 11.7. The third kappa shape index (κ3) is 2.45. The monoisotopic (exact) mass is 312 g/mol. The number of carboxylic acid groups (broad SMARTS) is 1. The molecule has 0 radical (unpaired) electrons. The number of nitrogens with zero attached hydrogens (tertiary/aromatic N) is 2. The molecule has 0 amide bonds. The van der Waals surface area contributed by atoms with Gasteiger partial charge in [-0.3, -0.25) is 9.69 Å². The number of carbonyl (C=O) groups is 1. The van der Waals surface area contributed by atoms with Gasteiger partial charge in [0, 0.05) is 18.7 Å². The van der Waals surface area contributed by atoms with Crippen LogP contribution < -0.4 is 0 Å². The summed E-state index contributed by atoms with van der Waals surface area (Å²) in [6.07, 6.45) is 4.59. The van der Waals surface area contributed by atoms with E-state index in [1.54, 1.807) is 6.20 Å². The molecule has 2 heterocycles. The molecule has 1 aromatic carbocycles. The van der Waals surface area contributed by atoms with E-state index in [9.17, 15) is 9.90 Å². The molecule has 23 heavy (non-hydrogen) atoms. The summed E-state index contributed by atoms with van der Waals surface area (Å²) < 4.78 is 5.85. The van der Waals surface area contributed by atoms with Crippen LogP contribution in [-0.4, -0.2) is 34.0 Å². The van der Waals surface area contributed by atoms with Crippen molar-refractivity contribution in [3.8, 4) is 11.3 Å². The van der Waals surface area contributed by atoms with Crippen molar-refractivity contribution in [2.45, 2.75) is 25.8 Å². The lowest BCUT2D eigenvalue weighted by atomic mass is 9.81. The highest BCUT2D eigenvalue weighted by Gasteiger charge is 2.54. The third-order valence-electron chi connectivity index (χ3n) is 5.34. The Morgan fingerprint density at radius 1 is 1.39 bits per heavy atom. The van der Waals surface area contributed by atoms with Gasteiger partial charge in [0.2, 0.25) is 5.89 Å². The van der Waals surface area contributed by atoms with Crippen LogP contribution in [0.15, 0.2) is 40.9 Å². The molecule has 0 spiro atoms. The molecule has 2 fully saturated rings. The number of aromatic nitrogens is 1. The molecule has 120 valence electrons. The highest BCUT2D eigenvalue weighted by Crippen LogP contribution is 2.49. The van der Waals surface area contributed by atoms with E-state index in [1.807, 2.05) is 30.3 Å². The second kappa shape index (κ2) is 5.49. The molecule has 5 heteroatoms. The average Bonchev–Trinajstić information content (AvgIpc) is 3.22. The second-order valence-electron chi connectivity index (χ2n) is 6.70. The van der Waals surface area contributed by atoms with E-state index in [1.165, 1.54) is 0 Å². The molecule has 1 saturated carbocycles. The van der Waals surface area contributed by atoms with Crippen LogP contribution in [0.4, 0.5) is 0 Å². The highest BCUT2D eigenvalue weighted by molar-refractivity contribution is 5.76. The molecule has 0 unspecified atom stereocenters. The fourth-order valence-corrected chi connectivity index (χ4v) is 4.17. The zero-order chi connectivity index (χ0) is 15.9. The summed E-state index contributed by atoms with van der Waals surface area (Å²) in [5.41, 5.74) is 0.459. The van der Waals surface area contributed by atoms with Crippen molar-refractivity contribution in [2.24, 2.45) is 11.3 Å². The zero-order valence-corrected chi connectivity index (χ0v) is 12.9. The van der Waals surface area contributed by atoms with Crippen molar-refractivity contribution in [2.75, 3.05) is 13.1 Å². The van der Waals surface area contributed by atoms with Crippen LogP contribution in [0, 0.1) is 11.3 Å². The van der Waals surface area contributed by atoms with Gasteiger partial charge in [0.25, 0.3) is 0 Å². The lowest BCUT2D eigenvalue weighted by Crippen LogP contribution is -2.35. The molecule has 1 saturated heterocycles. The van der Waals surface area contributed by atoms with Crippen molar-refractivity contribution in [1.82, 2.24) is 9.88 Å². The van der Waals surface area contributed by atoms with E-state index in [-0.39, 0.29) is 5.92 Å². The van der Waals surface area contributed by atoms with Crippen molar-refractivity contribution in [3.63, 3.8) is 0 Å². The van der Waals surface area contributed by atoms with Crippen LogP contribution >= 0.6 is 0 Å². The molecule has 1 aromatic heterocycles. The van der Waals surface area contributed by atoms with Gasteiger partial charge < -0.3 is 9.52 Å². The molecule has 2 atom stereocenters. The van der Waals surface area contributed by atoms with Gasteiger partial charge in [0.15, 0.2) is 5.76 Å². The van der Waals surface area contributed by atoms with E-state index in [0.717, 1.165) is 37.1 Å². The van der Waals surface area contributed by atoms with Crippen LogP contribution in [0.5, 0.6) is 0 Å². The Hall–Kier alpha value is -2.14. The van der Waals surface area contributed by atoms with Gasteiger partial charge in [-0.1, -0.05) is 36.8 Å². The average molecular weight is 312 g/mol. The summed E-state index contributed by atoms with van der Waals surface area (Å²) in [7, 11) is 0. The largest absolute Gasteiger partial charge is 0.481 e. The minimum absolute atomic E-state index is 0.267. The fraction of sp³-hybridized carbons (Fsp3) is 0.444. The minimum atomic E-state index is -0.639. The minimum Gasteiger partial charge on any atom is -0.481 e. The normalized spacial score (nSPS) is 27.2. The van der Waals surface area contributed by atoms with Crippen LogP contribution in [0.1, 0.15) is 25.2 Å². The first-order valence-electron chi connectivity index (χ1n) is 8.13. The maximum Gasteiger partial charge on any atom is 0.311 e. The summed E-state index contributed by atoms with van der Waals surface area (Å²) in [6.45, 7) is 2.02. The smallest absolute Gasteiger partial charge is 0.311 e. The molecule has 1 aliphatic carbocycles. The molecule has 1 N–H and O–H groups in total. The number of carboxylic acids is 1. The molecule has 1 aliphatic heterocycles. The molecule has 2 aliphatic rings. The Labute approximate surface area is 134 Å². The van der Waals surface area contributed by atoms with E-state index < -0.39 is 11.4 Å². The Balaban J connectivity index is 1.48. The van der Waals surface area contributed by atoms with Crippen molar-refractivity contribution >= 4 is 5.97 Å². The zero-order valence-electron chi connectivity index (χ0n) is 12.9. The first kappa shape index (κ1) is 14.5. The summed E-state index contributed by atoms with van der Waals surface area (Å²) in [5.74, 6) is 1.04. The lowest BCUT2D eigenvalue weighted by molar-refractivity contribution is -0.149. The summed E-state index contributed by atoms with van der Waals surface area (Å²) in [6, 6.07) is 9.88. The quantitative estimate of drug-likeness (QED) is 0.940. The van der Waals surface area contributed by atoms with Gasteiger partial charge in [-0.2, -0.15) is 0 Å². The molecule has 5 nitrogen and oxygen atoms in total. The van der Waals surface area contributed by atoms with E-state index in [2.05, 4.69) is 9.88 Å². The number of oxazole rings is 1. The predicted octanol–water partition coefficient (Wildman–Crippen LogP) is 3.03. The van der Waals surface area contributed by atoms with Crippen LogP contribution in [0.3, 0.4) is 0 Å². The molecule has 4 rings (SSSR count). The van der Waals surface area contributed by atoms with E-state index in [4.69, 9.17) is 4.42 Å². The Kier molecular flexibility index (Phi) is 3.45. The number of likely N-dealkylation sites (tertiary alicyclic amines) is 1. The molecular formula is C18H20N2O3. The Morgan fingerprint density at radius 2 is 2.22 bits per heavy atom. The topological polar surface area (TPSA) is 66.6 Å².